The van der Waals surface area contributed by atoms with Gasteiger partial charge in [-0.3, -0.25) is 9.59 Å². The molecule has 0 heterocycles. The van der Waals surface area contributed by atoms with Crippen molar-refractivity contribution < 1.29 is 33.0 Å². The van der Waals surface area contributed by atoms with Gasteiger partial charge in [-0.2, -0.15) is 0 Å². The van der Waals surface area contributed by atoms with Gasteiger partial charge in [-0.25, -0.2) is 13.6 Å². The molecule has 0 aliphatic heterocycles. The summed E-state index contributed by atoms with van der Waals surface area (Å²) in [6.45, 7) is 1.06. The standard InChI is InChI=1S/C24H24F2N2O5/c1-13(10-20(29)30)28-22(31)21-19(24(21,25)26)11-27-23(32)33-12-18-16-8-4-2-6-14(16)15-7-3-5-9-17(15)18/h2-9,13,18-19,21H,10-12H2,1H3,(H,27,32)(H,28,31)(H,29,30)/t13-,19?,21?/m0/s1. The number of benzene rings is 2. The molecular formula is C24H24F2N2O5. The molecule has 0 aromatic heterocycles. The Bertz CT molecular complexity index is 1040. The van der Waals surface area contributed by atoms with Crippen molar-refractivity contribution in [2.24, 2.45) is 11.8 Å². The normalized spacial score (nSPS) is 20.8. The zero-order valence-corrected chi connectivity index (χ0v) is 17.9. The van der Waals surface area contributed by atoms with Crippen LogP contribution in [0.2, 0.25) is 0 Å². The lowest BCUT2D eigenvalue weighted by molar-refractivity contribution is -0.137. The van der Waals surface area contributed by atoms with E-state index in [0.29, 0.717) is 0 Å². The average molecular weight is 458 g/mol. The molecule has 7 nitrogen and oxygen atoms in total. The molecule has 3 N–H and O–H groups in total. The maximum Gasteiger partial charge on any atom is 0.407 e. The number of aliphatic carboxylic acids is 1. The molecule has 4 rings (SSSR count). The van der Waals surface area contributed by atoms with Gasteiger partial charge in [0.25, 0.3) is 5.92 Å². The summed E-state index contributed by atoms with van der Waals surface area (Å²) in [4.78, 5) is 35.0. The van der Waals surface area contributed by atoms with Crippen molar-refractivity contribution in [2.75, 3.05) is 13.2 Å². The Morgan fingerprint density at radius 3 is 2.21 bits per heavy atom. The van der Waals surface area contributed by atoms with E-state index in [-0.39, 0.29) is 18.9 Å². The van der Waals surface area contributed by atoms with Crippen molar-refractivity contribution in [3.05, 3.63) is 59.7 Å². The Kier molecular flexibility index (Phi) is 6.05. The molecule has 0 radical (unpaired) electrons. The molecule has 2 aliphatic carbocycles. The minimum Gasteiger partial charge on any atom is -0.481 e. The minimum absolute atomic E-state index is 0.0531. The van der Waals surface area contributed by atoms with Gasteiger partial charge in [0, 0.05) is 18.5 Å². The van der Waals surface area contributed by atoms with Crippen LogP contribution in [-0.4, -0.2) is 48.2 Å². The van der Waals surface area contributed by atoms with Crippen LogP contribution in [0.25, 0.3) is 11.1 Å². The first-order chi connectivity index (χ1) is 15.7. The van der Waals surface area contributed by atoms with Gasteiger partial charge < -0.3 is 20.5 Å². The molecule has 1 fully saturated rings. The first kappa shape index (κ1) is 22.7. The average Bonchev–Trinajstić information content (AvgIpc) is 3.17. The number of hydrogen-bond acceptors (Lipinski definition) is 4. The summed E-state index contributed by atoms with van der Waals surface area (Å²) in [7, 11) is 0. The second-order valence-electron chi connectivity index (χ2n) is 8.47. The summed E-state index contributed by atoms with van der Waals surface area (Å²) in [5, 5.41) is 13.3. The van der Waals surface area contributed by atoms with Crippen LogP contribution < -0.4 is 10.6 Å². The second-order valence-corrected chi connectivity index (χ2v) is 8.47. The van der Waals surface area contributed by atoms with Crippen LogP contribution in [0.5, 0.6) is 0 Å². The number of carboxylic acids is 1. The molecule has 0 spiro atoms. The van der Waals surface area contributed by atoms with Gasteiger partial charge in [-0.1, -0.05) is 48.5 Å². The zero-order chi connectivity index (χ0) is 23.8. The monoisotopic (exact) mass is 458 g/mol. The predicted molar refractivity (Wildman–Crippen MR) is 115 cm³/mol. The van der Waals surface area contributed by atoms with Gasteiger partial charge in [0.1, 0.15) is 12.5 Å². The number of alkyl halides is 2. The molecule has 2 unspecified atom stereocenters. The van der Waals surface area contributed by atoms with Crippen LogP contribution in [0.4, 0.5) is 13.6 Å². The van der Waals surface area contributed by atoms with Crippen LogP contribution in [0, 0.1) is 11.8 Å². The summed E-state index contributed by atoms with van der Waals surface area (Å²) in [6, 6.07) is 14.9. The van der Waals surface area contributed by atoms with Crippen LogP contribution >= 0.6 is 0 Å². The van der Waals surface area contributed by atoms with E-state index in [1.807, 2.05) is 48.5 Å². The van der Waals surface area contributed by atoms with Crippen molar-refractivity contribution in [2.45, 2.75) is 31.2 Å². The minimum atomic E-state index is -3.27. The fourth-order valence-electron chi connectivity index (χ4n) is 4.49. The molecule has 0 saturated heterocycles. The summed E-state index contributed by atoms with van der Waals surface area (Å²) < 4.78 is 33.5. The molecule has 33 heavy (non-hydrogen) atoms. The highest BCUT2D eigenvalue weighted by Gasteiger charge is 2.71. The highest BCUT2D eigenvalue weighted by atomic mass is 19.3. The van der Waals surface area contributed by atoms with Crippen LogP contribution in [0.3, 0.4) is 0 Å². The molecule has 0 bridgehead atoms. The largest absolute Gasteiger partial charge is 0.481 e. The topological polar surface area (TPSA) is 105 Å². The third-order valence-corrected chi connectivity index (χ3v) is 6.16. The smallest absolute Gasteiger partial charge is 0.407 e. The Hall–Kier alpha value is -3.49. The van der Waals surface area contributed by atoms with E-state index in [0.717, 1.165) is 22.3 Å². The lowest BCUT2D eigenvalue weighted by Crippen LogP contribution is -2.36. The molecule has 3 atom stereocenters. The number of carboxylic acid groups (broad SMARTS) is 1. The molecule has 1 saturated carbocycles. The van der Waals surface area contributed by atoms with Gasteiger partial charge in [-0.15, -0.1) is 0 Å². The van der Waals surface area contributed by atoms with Crippen LogP contribution in [0.15, 0.2) is 48.5 Å². The number of hydrogen-bond donors (Lipinski definition) is 3. The number of amides is 2. The molecule has 9 heteroatoms. The third-order valence-electron chi connectivity index (χ3n) is 6.16. The van der Waals surface area contributed by atoms with E-state index in [9.17, 15) is 23.2 Å². The van der Waals surface area contributed by atoms with Crippen molar-refractivity contribution in [1.29, 1.82) is 0 Å². The number of nitrogens with one attached hydrogen (secondary N) is 2. The van der Waals surface area contributed by atoms with E-state index >= 15 is 0 Å². The Balaban J connectivity index is 1.30. The molecular weight excluding hydrogens is 434 g/mol. The van der Waals surface area contributed by atoms with Crippen LogP contribution in [-0.2, 0) is 14.3 Å². The lowest BCUT2D eigenvalue weighted by atomic mass is 9.98. The molecule has 2 aromatic carbocycles. The molecule has 2 aliphatic rings. The second kappa shape index (κ2) is 8.80. The quantitative estimate of drug-likeness (QED) is 0.563. The third kappa shape index (κ3) is 4.53. The number of halogens is 2. The SMILES string of the molecule is C[C@@H](CC(=O)O)NC(=O)C1C(CNC(=O)OCC2c3ccccc3-c3ccccc32)C1(F)F. The summed E-state index contributed by atoms with van der Waals surface area (Å²) in [5.74, 6) is -8.46. The van der Waals surface area contributed by atoms with Crippen molar-refractivity contribution in [1.82, 2.24) is 10.6 Å². The Morgan fingerprint density at radius 1 is 1.06 bits per heavy atom. The van der Waals surface area contributed by atoms with E-state index in [2.05, 4.69) is 10.6 Å². The number of alkyl carbamates (subject to hydrolysis) is 1. The maximum atomic E-state index is 14.1. The number of rotatable bonds is 8. The summed E-state index contributed by atoms with van der Waals surface area (Å²) in [6.07, 6.45) is -1.20. The molecule has 2 aromatic rings. The fraction of sp³-hybridized carbons (Fsp3) is 0.375. The number of fused-ring (bicyclic) bond motifs is 3. The lowest BCUT2D eigenvalue weighted by Gasteiger charge is -2.14. The molecule has 174 valence electrons. The van der Waals surface area contributed by atoms with Crippen molar-refractivity contribution >= 4 is 18.0 Å². The maximum absolute atomic E-state index is 14.1. The van der Waals surface area contributed by atoms with Gasteiger partial charge in [0.15, 0.2) is 0 Å². The Labute approximate surface area is 189 Å². The van der Waals surface area contributed by atoms with Gasteiger partial charge >= 0.3 is 12.1 Å². The number of carbonyl (C=O) groups is 3. The van der Waals surface area contributed by atoms with E-state index in [1.165, 1.54) is 6.92 Å². The fourth-order valence-corrected chi connectivity index (χ4v) is 4.49. The number of carbonyl (C=O) groups excluding carboxylic acids is 2. The predicted octanol–water partition coefficient (Wildman–Crippen LogP) is 3.39. The number of ether oxygens (including phenoxy) is 1. The first-order valence-corrected chi connectivity index (χ1v) is 10.7. The van der Waals surface area contributed by atoms with Crippen LogP contribution in [0.1, 0.15) is 30.4 Å². The van der Waals surface area contributed by atoms with E-state index in [1.54, 1.807) is 0 Å². The van der Waals surface area contributed by atoms with Gasteiger partial charge in [0.05, 0.1) is 12.3 Å². The van der Waals surface area contributed by atoms with E-state index in [4.69, 9.17) is 9.84 Å². The summed E-state index contributed by atoms with van der Waals surface area (Å²) >= 11 is 0. The highest BCUT2D eigenvalue weighted by Crippen LogP contribution is 2.55. The van der Waals surface area contributed by atoms with Gasteiger partial charge in [-0.05, 0) is 29.2 Å². The molecule has 2 amide bonds. The highest BCUT2D eigenvalue weighted by molar-refractivity contribution is 5.84. The van der Waals surface area contributed by atoms with E-state index < -0.39 is 48.3 Å². The Morgan fingerprint density at radius 2 is 1.64 bits per heavy atom. The van der Waals surface area contributed by atoms with Crippen molar-refractivity contribution in [3.63, 3.8) is 0 Å². The first-order valence-electron chi connectivity index (χ1n) is 10.7. The zero-order valence-electron chi connectivity index (χ0n) is 17.9. The van der Waals surface area contributed by atoms with Crippen molar-refractivity contribution in [3.8, 4) is 11.1 Å². The summed E-state index contributed by atoms with van der Waals surface area (Å²) in [5.41, 5.74) is 4.22. The van der Waals surface area contributed by atoms with Gasteiger partial charge in [0.2, 0.25) is 5.91 Å².